The first-order chi connectivity index (χ1) is 14.2. The second-order valence-electron chi connectivity index (χ2n) is 8.29. The Morgan fingerprint density at radius 3 is 2.90 bits per heavy atom. The Balaban J connectivity index is 1.49. The van der Waals surface area contributed by atoms with Crippen molar-refractivity contribution in [2.24, 2.45) is 5.92 Å². The smallest absolute Gasteiger partial charge is 0.234 e. The molecule has 0 unspecified atom stereocenters. The Hall–Kier alpha value is -2.46. The van der Waals surface area contributed by atoms with Crippen LogP contribution in [0.2, 0.25) is 0 Å². The number of nitrogens with zero attached hydrogens (tertiary/aromatic N) is 3. The van der Waals surface area contributed by atoms with Gasteiger partial charge in [-0.25, -0.2) is 12.7 Å². The van der Waals surface area contributed by atoms with Crippen molar-refractivity contribution >= 4 is 15.9 Å². The predicted molar refractivity (Wildman–Crippen MR) is 108 cm³/mol. The molecule has 2 fully saturated rings. The van der Waals surface area contributed by atoms with Crippen molar-refractivity contribution in [2.45, 2.75) is 37.6 Å². The minimum Gasteiger partial charge on any atom is -0.497 e. The van der Waals surface area contributed by atoms with Crippen molar-refractivity contribution in [3.05, 3.63) is 41.5 Å². The van der Waals surface area contributed by atoms with Gasteiger partial charge in [-0.1, -0.05) is 17.3 Å². The number of amides is 1. The van der Waals surface area contributed by atoms with Gasteiger partial charge < -0.3 is 14.6 Å². The molecule has 2 aromatic rings. The number of fused-ring (bicyclic) bond motifs is 1. The average molecular weight is 435 g/mol. The summed E-state index contributed by atoms with van der Waals surface area (Å²) in [7, 11) is -1.74. The molecule has 0 radical (unpaired) electrons. The third-order valence-electron chi connectivity index (χ3n) is 6.13. The van der Waals surface area contributed by atoms with Crippen LogP contribution in [0.15, 0.2) is 28.8 Å². The van der Waals surface area contributed by atoms with Gasteiger partial charge in [-0.15, -0.1) is 0 Å². The molecule has 1 saturated heterocycles. The van der Waals surface area contributed by atoms with E-state index in [-0.39, 0.29) is 24.3 Å². The van der Waals surface area contributed by atoms with Gasteiger partial charge in [-0.3, -0.25) is 4.79 Å². The Morgan fingerprint density at radius 1 is 1.43 bits per heavy atom. The summed E-state index contributed by atoms with van der Waals surface area (Å²) in [5.74, 6) is 1.61. The van der Waals surface area contributed by atoms with Crippen molar-refractivity contribution in [1.29, 1.82) is 0 Å². The van der Waals surface area contributed by atoms with E-state index in [1.165, 1.54) is 10.6 Å². The van der Waals surface area contributed by atoms with E-state index in [0.29, 0.717) is 43.4 Å². The summed E-state index contributed by atoms with van der Waals surface area (Å²) in [6.07, 6.45) is 2.70. The zero-order valence-electron chi connectivity index (χ0n) is 17.3. The van der Waals surface area contributed by atoms with E-state index in [9.17, 15) is 13.2 Å². The zero-order chi connectivity index (χ0) is 21.5. The third-order valence-corrected chi connectivity index (χ3v) is 7.35. The van der Waals surface area contributed by atoms with Crippen LogP contribution < -0.4 is 10.1 Å². The number of rotatable bonds is 6. The molecule has 30 heavy (non-hydrogen) atoms. The van der Waals surface area contributed by atoms with Gasteiger partial charge in [0.15, 0.2) is 5.82 Å². The first kappa shape index (κ1) is 20.8. The van der Waals surface area contributed by atoms with Gasteiger partial charge in [0.1, 0.15) is 5.75 Å². The van der Waals surface area contributed by atoms with Crippen molar-refractivity contribution < 1.29 is 22.5 Å². The highest BCUT2D eigenvalue weighted by atomic mass is 32.2. The van der Waals surface area contributed by atoms with E-state index >= 15 is 0 Å². The molecule has 162 valence electrons. The number of carbonyl (C=O) groups excluding carboxylic acids is 1. The highest BCUT2D eigenvalue weighted by Crippen LogP contribution is 2.50. The monoisotopic (exact) mass is 434 g/mol. The fraction of sp³-hybridized carbons (Fsp3) is 0.550. The first-order valence-corrected chi connectivity index (χ1v) is 11.7. The molecule has 1 N–H and O–H groups in total. The van der Waals surface area contributed by atoms with Gasteiger partial charge in [0.2, 0.25) is 21.8 Å². The quantitative estimate of drug-likeness (QED) is 0.722. The normalized spacial score (nSPS) is 26.5. The minimum atomic E-state index is -3.33. The Labute approximate surface area is 175 Å². The summed E-state index contributed by atoms with van der Waals surface area (Å²) in [6, 6.07) is 7.34. The molecular formula is C20H26N4O5S. The maximum Gasteiger partial charge on any atom is 0.234 e. The van der Waals surface area contributed by atoms with Crippen LogP contribution in [0.4, 0.5) is 0 Å². The largest absolute Gasteiger partial charge is 0.497 e. The van der Waals surface area contributed by atoms with Crippen LogP contribution in [0, 0.1) is 12.8 Å². The van der Waals surface area contributed by atoms with Crippen molar-refractivity contribution in [3.63, 3.8) is 0 Å². The molecule has 9 nitrogen and oxygen atoms in total. The SMILES string of the molecule is COc1cccc(CC(=O)N[C@@H]2C[C@H]3CN(S(C)(=O)=O)C[C@@]3(c3nc(C)no3)C2)c1. The zero-order valence-corrected chi connectivity index (χ0v) is 18.1. The molecule has 1 aliphatic heterocycles. The highest BCUT2D eigenvalue weighted by Gasteiger charge is 2.58. The molecule has 1 aromatic carbocycles. The van der Waals surface area contributed by atoms with Crippen LogP contribution >= 0.6 is 0 Å². The van der Waals surface area contributed by atoms with Crippen LogP contribution in [0.5, 0.6) is 5.75 Å². The topological polar surface area (TPSA) is 115 Å². The Kier molecular flexibility index (Phi) is 5.31. The number of ether oxygens (including phenoxy) is 1. The maximum atomic E-state index is 12.6. The van der Waals surface area contributed by atoms with Gasteiger partial charge in [0.05, 0.1) is 25.2 Å². The summed E-state index contributed by atoms with van der Waals surface area (Å²) in [4.78, 5) is 17.1. The molecule has 0 spiro atoms. The van der Waals surface area contributed by atoms with Crippen molar-refractivity contribution in [3.8, 4) is 5.75 Å². The standard InChI is InChI=1S/C20H26N4O5S/c1-13-21-19(29-23-13)20-10-16(9-15(20)11-24(12-20)30(3,26)27)22-18(25)8-14-5-4-6-17(7-14)28-2/h4-7,15-16H,8-12H2,1-3H3,(H,22,25)/t15-,16+,20-/m0/s1. The molecule has 1 saturated carbocycles. The van der Waals surface area contributed by atoms with E-state index in [1.54, 1.807) is 14.0 Å². The van der Waals surface area contributed by atoms with E-state index in [2.05, 4.69) is 15.5 Å². The third kappa shape index (κ3) is 3.93. The fourth-order valence-electron chi connectivity index (χ4n) is 4.76. The summed E-state index contributed by atoms with van der Waals surface area (Å²) >= 11 is 0. The average Bonchev–Trinajstić information content (AvgIpc) is 3.34. The lowest BCUT2D eigenvalue weighted by atomic mass is 9.80. The lowest BCUT2D eigenvalue weighted by molar-refractivity contribution is -0.121. The molecule has 0 bridgehead atoms. The number of benzene rings is 1. The van der Waals surface area contributed by atoms with Crippen LogP contribution in [0.1, 0.15) is 30.1 Å². The molecular weight excluding hydrogens is 408 g/mol. The number of aromatic nitrogens is 2. The van der Waals surface area contributed by atoms with E-state index in [1.807, 2.05) is 24.3 Å². The number of hydrogen-bond acceptors (Lipinski definition) is 7. The van der Waals surface area contributed by atoms with E-state index in [0.717, 1.165) is 5.56 Å². The van der Waals surface area contributed by atoms with Crippen LogP contribution in [-0.2, 0) is 26.7 Å². The molecule has 1 aliphatic carbocycles. The molecule has 1 amide bonds. The van der Waals surface area contributed by atoms with Gasteiger partial charge in [-0.05, 0) is 43.4 Å². The lowest BCUT2D eigenvalue weighted by Gasteiger charge is -2.24. The number of hydrogen-bond donors (Lipinski definition) is 1. The summed E-state index contributed by atoms with van der Waals surface area (Å²) in [5, 5.41) is 7.02. The minimum absolute atomic E-state index is 0.00851. The van der Waals surface area contributed by atoms with Gasteiger partial charge in [0, 0.05) is 19.1 Å². The number of methoxy groups -OCH3 is 1. The summed E-state index contributed by atoms with van der Waals surface area (Å²) < 4.78 is 36.4. The molecule has 4 rings (SSSR count). The van der Waals surface area contributed by atoms with E-state index in [4.69, 9.17) is 9.26 Å². The lowest BCUT2D eigenvalue weighted by Crippen LogP contribution is -2.39. The van der Waals surface area contributed by atoms with Gasteiger partial charge in [-0.2, -0.15) is 4.98 Å². The number of carbonyl (C=O) groups is 1. The Morgan fingerprint density at radius 2 is 2.23 bits per heavy atom. The van der Waals surface area contributed by atoms with Crippen molar-refractivity contribution in [2.75, 3.05) is 26.5 Å². The first-order valence-electron chi connectivity index (χ1n) is 9.88. The highest BCUT2D eigenvalue weighted by molar-refractivity contribution is 7.88. The Bertz CT molecular complexity index is 1050. The molecule has 1 aromatic heterocycles. The van der Waals surface area contributed by atoms with Gasteiger partial charge >= 0.3 is 0 Å². The molecule has 3 atom stereocenters. The van der Waals surface area contributed by atoms with Gasteiger partial charge in [0.25, 0.3) is 0 Å². The second kappa shape index (κ2) is 7.66. The number of nitrogens with one attached hydrogen (secondary N) is 1. The fourth-order valence-corrected chi connectivity index (χ4v) is 5.68. The number of sulfonamides is 1. The molecule has 10 heteroatoms. The molecule has 2 aliphatic rings. The predicted octanol–water partition coefficient (Wildman–Crippen LogP) is 1.04. The second-order valence-corrected chi connectivity index (χ2v) is 10.3. The van der Waals surface area contributed by atoms with Crippen LogP contribution in [-0.4, -0.2) is 61.3 Å². The maximum absolute atomic E-state index is 12.6. The van der Waals surface area contributed by atoms with Crippen LogP contribution in [0.3, 0.4) is 0 Å². The van der Waals surface area contributed by atoms with Crippen molar-refractivity contribution in [1.82, 2.24) is 19.8 Å². The number of aryl methyl sites for hydroxylation is 1. The summed E-state index contributed by atoms with van der Waals surface area (Å²) in [6.45, 7) is 2.42. The molecule has 2 heterocycles. The van der Waals surface area contributed by atoms with E-state index < -0.39 is 15.4 Å². The van der Waals surface area contributed by atoms with Crippen LogP contribution in [0.25, 0.3) is 0 Å². The summed E-state index contributed by atoms with van der Waals surface area (Å²) in [5.41, 5.74) is 0.300.